The fraction of sp³-hybridized carbons (Fsp3) is 0.267. The van der Waals surface area contributed by atoms with Crippen LogP contribution >= 0.6 is 0 Å². The Hall–Kier alpha value is -2.50. The molecule has 0 unspecified atom stereocenters. The number of nitrogens with one attached hydrogen (secondary N) is 2. The van der Waals surface area contributed by atoms with Gasteiger partial charge in [0.15, 0.2) is 0 Å². The molecule has 5 nitrogen and oxygen atoms in total. The molecule has 6 heteroatoms. The second kappa shape index (κ2) is 5.47. The number of aromatic nitrogens is 2. The van der Waals surface area contributed by atoms with Crippen LogP contribution in [0.15, 0.2) is 30.3 Å². The maximum absolute atomic E-state index is 12.9. The summed E-state index contributed by atoms with van der Waals surface area (Å²) in [6.45, 7) is 1.80. The zero-order chi connectivity index (χ0) is 14.8. The van der Waals surface area contributed by atoms with Crippen LogP contribution in [0.4, 0.5) is 16.0 Å². The second-order valence-corrected chi connectivity index (χ2v) is 5.10. The predicted molar refractivity (Wildman–Crippen MR) is 76.9 cm³/mol. The van der Waals surface area contributed by atoms with Gasteiger partial charge in [-0.1, -0.05) is 0 Å². The third-order valence-corrected chi connectivity index (χ3v) is 3.10. The molecule has 108 valence electrons. The minimum atomic E-state index is -0.310. The van der Waals surface area contributed by atoms with Crippen molar-refractivity contribution in [3.05, 3.63) is 47.5 Å². The van der Waals surface area contributed by atoms with Crippen LogP contribution in [0.5, 0.6) is 0 Å². The Morgan fingerprint density at radius 2 is 1.95 bits per heavy atom. The van der Waals surface area contributed by atoms with E-state index >= 15 is 0 Å². The molecule has 1 amide bonds. The number of hydrogen-bond donors (Lipinski definition) is 2. The smallest absolute Gasteiger partial charge is 0.270 e. The maximum Gasteiger partial charge on any atom is 0.270 e. The molecule has 0 spiro atoms. The van der Waals surface area contributed by atoms with Gasteiger partial charge in [0.05, 0.1) is 0 Å². The monoisotopic (exact) mass is 286 g/mol. The SMILES string of the molecule is Cc1cc(C(=O)NC2CC2)nc(Nc2ccc(F)cc2)n1. The number of nitrogens with zero attached hydrogens (tertiary/aromatic N) is 2. The molecule has 21 heavy (non-hydrogen) atoms. The van der Waals surface area contributed by atoms with Crippen LogP contribution < -0.4 is 10.6 Å². The molecule has 1 heterocycles. The number of hydrogen-bond acceptors (Lipinski definition) is 4. The van der Waals surface area contributed by atoms with Crippen molar-refractivity contribution in [1.29, 1.82) is 0 Å². The van der Waals surface area contributed by atoms with Crippen LogP contribution in [0.2, 0.25) is 0 Å². The van der Waals surface area contributed by atoms with Gasteiger partial charge in [0.1, 0.15) is 11.5 Å². The highest BCUT2D eigenvalue weighted by atomic mass is 19.1. The highest BCUT2D eigenvalue weighted by molar-refractivity contribution is 5.93. The second-order valence-electron chi connectivity index (χ2n) is 5.10. The summed E-state index contributed by atoms with van der Waals surface area (Å²) in [6, 6.07) is 7.79. The first-order valence-corrected chi connectivity index (χ1v) is 6.79. The van der Waals surface area contributed by atoms with Gasteiger partial charge in [-0.05, 0) is 50.1 Å². The summed E-state index contributed by atoms with van der Waals surface area (Å²) in [5, 5.41) is 5.86. The van der Waals surface area contributed by atoms with Gasteiger partial charge in [-0.15, -0.1) is 0 Å². The van der Waals surface area contributed by atoms with E-state index in [1.54, 1.807) is 25.1 Å². The number of carbonyl (C=O) groups excluding carboxylic acids is 1. The van der Waals surface area contributed by atoms with E-state index in [1.807, 2.05) is 0 Å². The zero-order valence-electron chi connectivity index (χ0n) is 11.6. The lowest BCUT2D eigenvalue weighted by Crippen LogP contribution is -2.26. The minimum Gasteiger partial charge on any atom is -0.348 e. The Labute approximate surface area is 121 Å². The summed E-state index contributed by atoms with van der Waals surface area (Å²) >= 11 is 0. The van der Waals surface area contributed by atoms with Gasteiger partial charge in [-0.25, -0.2) is 14.4 Å². The van der Waals surface area contributed by atoms with Crippen LogP contribution in [0, 0.1) is 12.7 Å². The lowest BCUT2D eigenvalue weighted by atomic mass is 10.3. The lowest BCUT2D eigenvalue weighted by Gasteiger charge is -2.08. The van der Waals surface area contributed by atoms with Crippen molar-refractivity contribution in [3.63, 3.8) is 0 Å². The standard InChI is InChI=1S/C15H15FN4O/c1-9-8-13(14(21)18-11-6-7-11)20-15(17-9)19-12-4-2-10(16)3-5-12/h2-5,8,11H,6-7H2,1H3,(H,18,21)(H,17,19,20). The molecule has 3 rings (SSSR count). The minimum absolute atomic E-state index is 0.190. The predicted octanol–water partition coefficient (Wildman–Crippen LogP) is 2.56. The third-order valence-electron chi connectivity index (χ3n) is 3.10. The van der Waals surface area contributed by atoms with Crippen molar-refractivity contribution in [1.82, 2.24) is 15.3 Å². The van der Waals surface area contributed by atoms with Crippen LogP contribution in [0.3, 0.4) is 0 Å². The summed E-state index contributed by atoms with van der Waals surface area (Å²) in [5.41, 5.74) is 1.69. The average Bonchev–Trinajstić information content (AvgIpc) is 3.25. The largest absolute Gasteiger partial charge is 0.348 e. The maximum atomic E-state index is 12.9. The van der Waals surface area contributed by atoms with Crippen LogP contribution in [-0.2, 0) is 0 Å². The molecule has 1 saturated carbocycles. The van der Waals surface area contributed by atoms with Gasteiger partial charge in [-0.2, -0.15) is 0 Å². The molecular formula is C15H15FN4O. The molecule has 0 bridgehead atoms. The Morgan fingerprint density at radius 1 is 1.24 bits per heavy atom. The number of rotatable bonds is 4. The average molecular weight is 286 g/mol. The van der Waals surface area contributed by atoms with Gasteiger partial charge in [0.25, 0.3) is 5.91 Å². The normalized spacial score (nSPS) is 13.8. The van der Waals surface area contributed by atoms with E-state index in [0.717, 1.165) is 12.8 Å². The van der Waals surface area contributed by atoms with E-state index < -0.39 is 0 Å². The van der Waals surface area contributed by atoms with E-state index in [1.165, 1.54) is 12.1 Å². The third kappa shape index (κ3) is 3.53. The first-order chi connectivity index (χ1) is 10.1. The van der Waals surface area contributed by atoms with Crippen molar-refractivity contribution < 1.29 is 9.18 Å². The number of amides is 1. The van der Waals surface area contributed by atoms with Crippen molar-refractivity contribution in [2.45, 2.75) is 25.8 Å². The Balaban J connectivity index is 1.79. The first-order valence-electron chi connectivity index (χ1n) is 6.79. The molecule has 2 N–H and O–H groups in total. The van der Waals surface area contributed by atoms with E-state index in [4.69, 9.17) is 0 Å². The van der Waals surface area contributed by atoms with E-state index in [9.17, 15) is 9.18 Å². The summed E-state index contributed by atoms with van der Waals surface area (Å²) in [7, 11) is 0. The topological polar surface area (TPSA) is 66.9 Å². The summed E-state index contributed by atoms with van der Waals surface area (Å²) in [4.78, 5) is 20.5. The molecule has 0 atom stereocenters. The van der Waals surface area contributed by atoms with Crippen molar-refractivity contribution in [2.24, 2.45) is 0 Å². The van der Waals surface area contributed by atoms with E-state index in [0.29, 0.717) is 23.0 Å². The molecule has 2 aromatic rings. The van der Waals surface area contributed by atoms with Crippen LogP contribution in [-0.4, -0.2) is 21.9 Å². The quantitative estimate of drug-likeness (QED) is 0.906. The number of carbonyl (C=O) groups is 1. The molecule has 1 aromatic heterocycles. The molecule has 1 aliphatic rings. The fourth-order valence-corrected chi connectivity index (χ4v) is 1.89. The molecule has 0 saturated heterocycles. The number of anilines is 2. The molecule has 0 aliphatic heterocycles. The van der Waals surface area contributed by atoms with Crippen molar-refractivity contribution in [2.75, 3.05) is 5.32 Å². The molecule has 1 aliphatic carbocycles. The van der Waals surface area contributed by atoms with Gasteiger partial charge in [0, 0.05) is 17.4 Å². The van der Waals surface area contributed by atoms with Gasteiger partial charge in [0.2, 0.25) is 5.95 Å². The van der Waals surface area contributed by atoms with Crippen molar-refractivity contribution in [3.8, 4) is 0 Å². The molecule has 1 aromatic carbocycles. The summed E-state index contributed by atoms with van der Waals surface area (Å²) < 4.78 is 12.9. The number of aryl methyl sites for hydroxylation is 1. The Bertz CT molecular complexity index is 668. The van der Waals surface area contributed by atoms with Gasteiger partial charge in [-0.3, -0.25) is 4.79 Å². The zero-order valence-corrected chi connectivity index (χ0v) is 11.6. The number of benzene rings is 1. The van der Waals surface area contributed by atoms with Crippen LogP contribution in [0.1, 0.15) is 29.0 Å². The highest BCUT2D eigenvalue weighted by Gasteiger charge is 2.24. The van der Waals surface area contributed by atoms with Crippen LogP contribution in [0.25, 0.3) is 0 Å². The molecular weight excluding hydrogens is 271 g/mol. The lowest BCUT2D eigenvalue weighted by molar-refractivity contribution is 0.0946. The molecule has 1 fully saturated rings. The van der Waals surface area contributed by atoms with E-state index in [-0.39, 0.29) is 17.8 Å². The highest BCUT2D eigenvalue weighted by Crippen LogP contribution is 2.19. The molecule has 0 radical (unpaired) electrons. The van der Waals surface area contributed by atoms with Gasteiger partial charge < -0.3 is 10.6 Å². The fourth-order valence-electron chi connectivity index (χ4n) is 1.89. The van der Waals surface area contributed by atoms with Gasteiger partial charge >= 0.3 is 0 Å². The Morgan fingerprint density at radius 3 is 2.62 bits per heavy atom. The van der Waals surface area contributed by atoms with Crippen molar-refractivity contribution >= 4 is 17.5 Å². The van der Waals surface area contributed by atoms with E-state index in [2.05, 4.69) is 20.6 Å². The first kappa shape index (κ1) is 13.5. The Kier molecular flexibility index (Phi) is 3.51. The summed E-state index contributed by atoms with van der Waals surface area (Å²) in [5.74, 6) is -0.178. The summed E-state index contributed by atoms with van der Waals surface area (Å²) in [6.07, 6.45) is 2.05. The number of halogens is 1.